The molecule has 0 saturated heterocycles. The summed E-state index contributed by atoms with van der Waals surface area (Å²) < 4.78 is 0. The van der Waals surface area contributed by atoms with Crippen molar-refractivity contribution in [1.82, 2.24) is 0 Å². The number of carbonyl (C=O) groups is 1. The average molecular weight is 222 g/mol. The number of unbranched alkanes of at least 4 members (excludes halogenated alkanes) is 2. The van der Waals surface area contributed by atoms with E-state index < -0.39 is 5.97 Å². The number of carboxylic acid groups (broad SMARTS) is 1. The number of aromatic hydroxyl groups is 1. The van der Waals surface area contributed by atoms with Gasteiger partial charge in [-0.2, -0.15) is 0 Å². The van der Waals surface area contributed by atoms with Crippen molar-refractivity contribution in [2.75, 3.05) is 0 Å². The Morgan fingerprint density at radius 2 is 2.00 bits per heavy atom. The fraction of sp³-hybridized carbons (Fsp3) is 0.462. The van der Waals surface area contributed by atoms with Gasteiger partial charge in [-0.1, -0.05) is 31.9 Å². The standard InChI is InChI=1S/C13H18O3/c1-3-4-5-6-10-8-7-9(2)11(12(10)14)13(15)16/h7-8,14H,3-6H2,1-2H3,(H,15,16). The summed E-state index contributed by atoms with van der Waals surface area (Å²) in [6.45, 7) is 3.80. The quantitative estimate of drug-likeness (QED) is 0.752. The average Bonchev–Trinajstić information content (AvgIpc) is 2.21. The van der Waals surface area contributed by atoms with E-state index in [9.17, 15) is 9.90 Å². The van der Waals surface area contributed by atoms with Crippen LogP contribution in [0.15, 0.2) is 12.1 Å². The second-order valence-electron chi connectivity index (χ2n) is 4.03. The molecule has 0 aliphatic carbocycles. The van der Waals surface area contributed by atoms with Crippen LogP contribution in [0.1, 0.15) is 47.7 Å². The summed E-state index contributed by atoms with van der Waals surface area (Å²) in [4.78, 5) is 11.0. The monoisotopic (exact) mass is 222 g/mol. The molecule has 0 bridgehead atoms. The molecule has 3 heteroatoms. The summed E-state index contributed by atoms with van der Waals surface area (Å²) in [5, 5.41) is 18.8. The molecule has 16 heavy (non-hydrogen) atoms. The molecule has 0 spiro atoms. The summed E-state index contributed by atoms with van der Waals surface area (Å²) in [6.07, 6.45) is 3.92. The van der Waals surface area contributed by atoms with E-state index in [1.54, 1.807) is 13.0 Å². The highest BCUT2D eigenvalue weighted by Gasteiger charge is 2.15. The van der Waals surface area contributed by atoms with Crippen molar-refractivity contribution < 1.29 is 15.0 Å². The van der Waals surface area contributed by atoms with E-state index in [0.717, 1.165) is 31.2 Å². The number of carboxylic acids is 1. The van der Waals surface area contributed by atoms with Crippen molar-refractivity contribution in [3.05, 3.63) is 28.8 Å². The molecule has 0 aliphatic rings. The van der Waals surface area contributed by atoms with Gasteiger partial charge < -0.3 is 10.2 Å². The molecule has 2 N–H and O–H groups in total. The van der Waals surface area contributed by atoms with E-state index >= 15 is 0 Å². The minimum absolute atomic E-state index is 0.0361. The van der Waals surface area contributed by atoms with Crippen LogP contribution >= 0.6 is 0 Å². The minimum Gasteiger partial charge on any atom is -0.507 e. The third-order valence-electron chi connectivity index (χ3n) is 2.73. The second kappa shape index (κ2) is 5.54. The molecule has 1 rings (SSSR count). The van der Waals surface area contributed by atoms with Crippen LogP contribution in [0.4, 0.5) is 0 Å². The first-order chi connectivity index (χ1) is 7.57. The number of aromatic carboxylic acids is 1. The summed E-state index contributed by atoms with van der Waals surface area (Å²) in [5.41, 5.74) is 1.37. The smallest absolute Gasteiger partial charge is 0.339 e. The van der Waals surface area contributed by atoms with Gasteiger partial charge in [0.05, 0.1) is 0 Å². The van der Waals surface area contributed by atoms with Crippen LogP contribution in [-0.4, -0.2) is 16.2 Å². The van der Waals surface area contributed by atoms with Gasteiger partial charge in [0.15, 0.2) is 0 Å². The summed E-state index contributed by atoms with van der Waals surface area (Å²) in [6, 6.07) is 3.57. The maximum absolute atomic E-state index is 11.0. The topological polar surface area (TPSA) is 57.5 Å². The number of rotatable bonds is 5. The van der Waals surface area contributed by atoms with Gasteiger partial charge in [-0.05, 0) is 30.9 Å². The summed E-state index contributed by atoms with van der Waals surface area (Å²) >= 11 is 0. The number of hydrogen-bond acceptors (Lipinski definition) is 2. The highest BCUT2D eigenvalue weighted by Crippen LogP contribution is 2.27. The molecule has 0 fully saturated rings. The fourth-order valence-electron chi connectivity index (χ4n) is 1.77. The van der Waals surface area contributed by atoms with Crippen LogP contribution in [0.3, 0.4) is 0 Å². The maximum atomic E-state index is 11.0. The molecule has 0 heterocycles. The highest BCUT2D eigenvalue weighted by atomic mass is 16.4. The normalized spacial score (nSPS) is 10.4. The van der Waals surface area contributed by atoms with Crippen molar-refractivity contribution in [2.45, 2.75) is 39.5 Å². The lowest BCUT2D eigenvalue weighted by atomic mass is 9.99. The van der Waals surface area contributed by atoms with Gasteiger partial charge in [0.1, 0.15) is 11.3 Å². The molecular weight excluding hydrogens is 204 g/mol. The van der Waals surface area contributed by atoms with Crippen LogP contribution in [-0.2, 0) is 6.42 Å². The number of phenols is 1. The van der Waals surface area contributed by atoms with E-state index in [4.69, 9.17) is 5.11 Å². The maximum Gasteiger partial charge on any atom is 0.339 e. The van der Waals surface area contributed by atoms with Gasteiger partial charge in [0, 0.05) is 0 Å². The van der Waals surface area contributed by atoms with Crippen LogP contribution in [0.5, 0.6) is 5.75 Å². The Morgan fingerprint density at radius 3 is 2.56 bits per heavy atom. The Labute approximate surface area is 95.7 Å². The number of benzene rings is 1. The van der Waals surface area contributed by atoms with Crippen molar-refractivity contribution in [1.29, 1.82) is 0 Å². The van der Waals surface area contributed by atoms with Gasteiger partial charge in [-0.3, -0.25) is 0 Å². The predicted octanol–water partition coefficient (Wildman–Crippen LogP) is 3.13. The van der Waals surface area contributed by atoms with E-state index in [1.807, 2.05) is 6.07 Å². The molecule has 0 amide bonds. The van der Waals surface area contributed by atoms with Gasteiger partial charge in [-0.25, -0.2) is 4.79 Å². The molecular formula is C13H18O3. The zero-order chi connectivity index (χ0) is 12.1. The lowest BCUT2D eigenvalue weighted by Crippen LogP contribution is -2.02. The van der Waals surface area contributed by atoms with E-state index in [-0.39, 0.29) is 11.3 Å². The molecule has 0 radical (unpaired) electrons. The van der Waals surface area contributed by atoms with Gasteiger partial charge in [0.25, 0.3) is 0 Å². The molecule has 0 aliphatic heterocycles. The SMILES string of the molecule is CCCCCc1ccc(C)c(C(=O)O)c1O. The summed E-state index contributed by atoms with van der Waals surface area (Å²) in [7, 11) is 0. The van der Waals surface area contributed by atoms with E-state index in [0.29, 0.717) is 5.56 Å². The molecule has 1 aromatic carbocycles. The molecule has 0 aromatic heterocycles. The first-order valence-corrected chi connectivity index (χ1v) is 5.62. The van der Waals surface area contributed by atoms with Crippen LogP contribution in [0.25, 0.3) is 0 Å². The summed E-state index contributed by atoms with van der Waals surface area (Å²) in [5.74, 6) is -1.13. The Bertz CT molecular complexity index is 383. The highest BCUT2D eigenvalue weighted by molar-refractivity contribution is 5.93. The van der Waals surface area contributed by atoms with E-state index in [1.165, 1.54) is 0 Å². The predicted molar refractivity (Wildman–Crippen MR) is 63.0 cm³/mol. The van der Waals surface area contributed by atoms with Crippen molar-refractivity contribution in [3.63, 3.8) is 0 Å². The zero-order valence-electron chi connectivity index (χ0n) is 9.79. The Balaban J connectivity index is 2.95. The van der Waals surface area contributed by atoms with Gasteiger partial charge >= 0.3 is 5.97 Å². The lowest BCUT2D eigenvalue weighted by Gasteiger charge is -2.09. The van der Waals surface area contributed by atoms with Gasteiger partial charge in [-0.15, -0.1) is 0 Å². The third-order valence-corrected chi connectivity index (χ3v) is 2.73. The molecule has 88 valence electrons. The Hall–Kier alpha value is -1.51. The van der Waals surface area contributed by atoms with Crippen molar-refractivity contribution in [3.8, 4) is 5.75 Å². The fourth-order valence-corrected chi connectivity index (χ4v) is 1.77. The van der Waals surface area contributed by atoms with Crippen LogP contribution < -0.4 is 0 Å². The van der Waals surface area contributed by atoms with Crippen LogP contribution in [0, 0.1) is 6.92 Å². The van der Waals surface area contributed by atoms with E-state index in [2.05, 4.69) is 6.92 Å². The number of aryl methyl sites for hydroxylation is 2. The van der Waals surface area contributed by atoms with Gasteiger partial charge in [0.2, 0.25) is 0 Å². The molecule has 0 saturated carbocycles. The lowest BCUT2D eigenvalue weighted by molar-refractivity contribution is 0.0692. The Kier molecular flexibility index (Phi) is 4.35. The third kappa shape index (κ3) is 2.75. The van der Waals surface area contributed by atoms with Crippen molar-refractivity contribution in [2.24, 2.45) is 0 Å². The second-order valence-corrected chi connectivity index (χ2v) is 4.03. The first kappa shape index (κ1) is 12.6. The first-order valence-electron chi connectivity index (χ1n) is 5.62. The number of hydrogen-bond donors (Lipinski definition) is 2. The Morgan fingerprint density at radius 1 is 1.31 bits per heavy atom. The molecule has 0 unspecified atom stereocenters. The molecule has 1 aromatic rings. The zero-order valence-corrected chi connectivity index (χ0v) is 9.79. The molecule has 3 nitrogen and oxygen atoms in total. The largest absolute Gasteiger partial charge is 0.507 e. The van der Waals surface area contributed by atoms with Crippen LogP contribution in [0.2, 0.25) is 0 Å². The molecule has 0 atom stereocenters. The minimum atomic E-state index is -1.06. The van der Waals surface area contributed by atoms with Crippen molar-refractivity contribution >= 4 is 5.97 Å².